The Morgan fingerprint density at radius 3 is 2.38 bits per heavy atom. The van der Waals surface area contributed by atoms with Gasteiger partial charge in [0.25, 0.3) is 17.2 Å². The Morgan fingerprint density at radius 2 is 1.62 bits per heavy atom. The minimum Gasteiger partial charge on any atom is -0.308 e. The van der Waals surface area contributed by atoms with Gasteiger partial charge in [0.1, 0.15) is 11.5 Å². The zero-order chi connectivity index (χ0) is 23.8. The number of hydrogen-bond donors (Lipinski definition) is 0. The fourth-order valence-corrected chi connectivity index (χ4v) is 4.31. The number of rotatable bonds is 5. The third kappa shape index (κ3) is 3.36. The average Bonchev–Trinajstić information content (AvgIpc) is 3.11. The highest BCUT2D eigenvalue weighted by molar-refractivity contribution is 6.35. The molecule has 0 saturated carbocycles. The minimum absolute atomic E-state index is 0.0896. The van der Waals surface area contributed by atoms with Crippen LogP contribution in [0.2, 0.25) is 0 Å². The number of hydrogen-bond acceptors (Lipinski definition) is 5. The smallest absolute Gasteiger partial charge is 0.293 e. The van der Waals surface area contributed by atoms with Crippen molar-refractivity contribution in [2.24, 2.45) is 0 Å². The van der Waals surface area contributed by atoms with E-state index in [1.54, 1.807) is 47.4 Å². The molecule has 0 radical (unpaired) electrons. The molecule has 1 amide bonds. The van der Waals surface area contributed by atoms with Crippen LogP contribution in [0.4, 0.5) is 11.4 Å². The van der Waals surface area contributed by atoms with Gasteiger partial charge in [-0.3, -0.25) is 24.3 Å². The predicted octanol–water partition coefficient (Wildman–Crippen LogP) is 4.59. The molecule has 4 aromatic rings. The van der Waals surface area contributed by atoms with E-state index in [1.807, 2.05) is 31.2 Å². The van der Waals surface area contributed by atoms with Crippen molar-refractivity contribution >= 4 is 39.8 Å². The lowest BCUT2D eigenvalue weighted by Gasteiger charge is -2.15. The first kappa shape index (κ1) is 21.3. The monoisotopic (exact) mass is 452 g/mol. The maximum atomic E-state index is 13.6. The first-order chi connectivity index (χ1) is 16.5. The van der Waals surface area contributed by atoms with Crippen LogP contribution in [0.3, 0.4) is 0 Å². The van der Waals surface area contributed by atoms with E-state index in [4.69, 9.17) is 0 Å². The predicted molar refractivity (Wildman–Crippen MR) is 131 cm³/mol. The number of anilines is 1. The maximum absolute atomic E-state index is 13.6. The number of amides is 1. The number of carbonyl (C=O) groups excluding carboxylic acids is 1. The zero-order valence-electron chi connectivity index (χ0n) is 18.3. The van der Waals surface area contributed by atoms with Crippen LogP contribution in [0.5, 0.6) is 0 Å². The van der Waals surface area contributed by atoms with Crippen LogP contribution in [0.1, 0.15) is 24.7 Å². The van der Waals surface area contributed by atoms with Crippen LogP contribution < -0.4 is 10.5 Å². The van der Waals surface area contributed by atoms with Crippen molar-refractivity contribution < 1.29 is 9.72 Å². The first-order valence-corrected chi connectivity index (χ1v) is 10.9. The number of nitrogens with zero attached hydrogens (tertiary/aromatic N) is 4. The Morgan fingerprint density at radius 1 is 0.941 bits per heavy atom. The van der Waals surface area contributed by atoms with Crippen molar-refractivity contribution in [2.45, 2.75) is 13.3 Å². The summed E-state index contributed by atoms with van der Waals surface area (Å²) in [5.74, 6) is -0.0472. The van der Waals surface area contributed by atoms with Gasteiger partial charge in [-0.25, -0.2) is 4.98 Å². The van der Waals surface area contributed by atoms with E-state index >= 15 is 0 Å². The van der Waals surface area contributed by atoms with Crippen molar-refractivity contribution in [2.75, 3.05) is 11.4 Å². The molecule has 0 N–H and O–H groups in total. The van der Waals surface area contributed by atoms with Gasteiger partial charge in [0.05, 0.1) is 27.1 Å². The highest BCUT2D eigenvalue weighted by atomic mass is 16.6. The van der Waals surface area contributed by atoms with Gasteiger partial charge in [-0.15, -0.1) is 0 Å². The molecule has 0 aliphatic carbocycles. The number of fused-ring (bicyclic) bond motifs is 2. The van der Waals surface area contributed by atoms with E-state index in [9.17, 15) is 19.7 Å². The van der Waals surface area contributed by atoms with Gasteiger partial charge in [0.15, 0.2) is 0 Å². The van der Waals surface area contributed by atoms with Crippen LogP contribution in [0, 0.1) is 10.1 Å². The summed E-state index contributed by atoms with van der Waals surface area (Å²) in [6, 6.07) is 20.3. The summed E-state index contributed by atoms with van der Waals surface area (Å²) in [4.78, 5) is 44.5. The van der Waals surface area contributed by atoms with Gasteiger partial charge < -0.3 is 4.90 Å². The van der Waals surface area contributed by atoms with Crippen LogP contribution >= 0.6 is 0 Å². The van der Waals surface area contributed by atoms with Gasteiger partial charge in [0.2, 0.25) is 0 Å². The summed E-state index contributed by atoms with van der Waals surface area (Å²) in [7, 11) is 0. The van der Waals surface area contributed by atoms with E-state index in [0.717, 1.165) is 17.7 Å². The van der Waals surface area contributed by atoms with Crippen molar-refractivity contribution in [1.82, 2.24) is 9.55 Å². The molecule has 2 heterocycles. The molecule has 0 fully saturated rings. The molecule has 3 aromatic carbocycles. The van der Waals surface area contributed by atoms with E-state index in [2.05, 4.69) is 4.98 Å². The van der Waals surface area contributed by atoms with Crippen molar-refractivity contribution in [3.05, 3.63) is 105 Å². The number of carbonyl (C=O) groups is 1. The molecule has 168 valence electrons. The largest absolute Gasteiger partial charge is 0.308 e. The van der Waals surface area contributed by atoms with E-state index in [-0.39, 0.29) is 23.1 Å². The quantitative estimate of drug-likeness (QED) is 0.251. The molecule has 8 nitrogen and oxygen atoms in total. The molecule has 1 aromatic heterocycles. The molecular weight excluding hydrogens is 432 g/mol. The third-order valence-corrected chi connectivity index (χ3v) is 5.80. The SMILES string of the molecule is CCCN1C(=O)/C(=C\c2nc3ccccc3c(=O)n2-c2ccccc2[N+](=O)[O-])c2ccccc21. The second kappa shape index (κ2) is 8.40. The highest BCUT2D eigenvalue weighted by Crippen LogP contribution is 2.38. The molecule has 8 heteroatoms. The molecule has 0 atom stereocenters. The summed E-state index contributed by atoms with van der Waals surface area (Å²) < 4.78 is 1.21. The Kier molecular flexibility index (Phi) is 5.25. The van der Waals surface area contributed by atoms with E-state index in [0.29, 0.717) is 23.0 Å². The van der Waals surface area contributed by atoms with Crippen LogP contribution in [0.15, 0.2) is 77.6 Å². The third-order valence-electron chi connectivity index (χ3n) is 5.80. The van der Waals surface area contributed by atoms with E-state index < -0.39 is 10.5 Å². The fourth-order valence-electron chi connectivity index (χ4n) is 4.31. The molecule has 1 aliphatic rings. The minimum atomic E-state index is -0.535. The second-order valence-corrected chi connectivity index (χ2v) is 7.91. The fraction of sp³-hybridized carbons (Fsp3) is 0.115. The summed E-state index contributed by atoms with van der Waals surface area (Å²) >= 11 is 0. The molecule has 0 spiro atoms. The van der Waals surface area contributed by atoms with Gasteiger partial charge in [-0.05, 0) is 36.8 Å². The summed E-state index contributed by atoms with van der Waals surface area (Å²) in [6.45, 7) is 2.55. The van der Waals surface area contributed by atoms with E-state index in [1.165, 1.54) is 16.7 Å². The topological polar surface area (TPSA) is 98.3 Å². The van der Waals surface area contributed by atoms with Gasteiger partial charge in [-0.1, -0.05) is 49.4 Å². The molecular formula is C26H20N4O4. The van der Waals surface area contributed by atoms with Crippen molar-refractivity contribution in [3.63, 3.8) is 0 Å². The second-order valence-electron chi connectivity index (χ2n) is 7.91. The summed E-state index contributed by atoms with van der Waals surface area (Å²) in [6.07, 6.45) is 2.34. The highest BCUT2D eigenvalue weighted by Gasteiger charge is 2.32. The lowest BCUT2D eigenvalue weighted by atomic mass is 10.1. The Bertz CT molecular complexity index is 1550. The standard InChI is InChI=1S/C26H20N4O4/c1-2-15-28-21-12-6-4-9-17(21)19(25(28)31)16-24-27-20-11-5-3-10-18(20)26(32)29(24)22-13-7-8-14-23(22)30(33)34/h3-14,16H,2,15H2,1H3/b19-16-. The van der Waals surface area contributed by atoms with Crippen molar-refractivity contribution in [1.29, 1.82) is 0 Å². The molecule has 0 saturated heterocycles. The normalized spacial score (nSPS) is 14.1. The summed E-state index contributed by atoms with van der Waals surface area (Å²) in [5.41, 5.74) is 1.77. The lowest BCUT2D eigenvalue weighted by molar-refractivity contribution is -0.384. The molecule has 0 unspecified atom stereocenters. The average molecular weight is 452 g/mol. The number of nitro benzene ring substituents is 1. The number of para-hydroxylation sites is 4. The van der Waals surface area contributed by atoms with Gasteiger partial charge in [-0.2, -0.15) is 0 Å². The number of aromatic nitrogens is 2. The molecule has 34 heavy (non-hydrogen) atoms. The maximum Gasteiger partial charge on any atom is 0.293 e. The Balaban J connectivity index is 1.83. The zero-order valence-corrected chi connectivity index (χ0v) is 18.3. The molecule has 5 rings (SSSR count). The number of benzene rings is 3. The molecule has 1 aliphatic heterocycles. The molecule has 0 bridgehead atoms. The van der Waals surface area contributed by atoms with Crippen LogP contribution in [-0.2, 0) is 4.79 Å². The Hall–Kier alpha value is -4.59. The van der Waals surface area contributed by atoms with Crippen molar-refractivity contribution in [3.8, 4) is 5.69 Å². The summed E-state index contributed by atoms with van der Waals surface area (Å²) in [5, 5.41) is 12.1. The van der Waals surface area contributed by atoms with Crippen LogP contribution in [-0.4, -0.2) is 26.9 Å². The van der Waals surface area contributed by atoms with Gasteiger partial charge >= 0.3 is 0 Å². The van der Waals surface area contributed by atoms with Crippen LogP contribution in [0.25, 0.3) is 28.2 Å². The Labute approximate surface area is 194 Å². The lowest BCUT2D eigenvalue weighted by Crippen LogP contribution is -2.27. The first-order valence-electron chi connectivity index (χ1n) is 10.9. The number of nitro groups is 1. The van der Waals surface area contributed by atoms with Gasteiger partial charge in [0, 0.05) is 18.2 Å².